The standard InChI is InChI=1S/C16H17N3OS/c1-2-17-16(21)19-18-12-13-7-6-10-15(11-13)20-14-8-4-3-5-9-14/h3-12H,2H2,1H3,(H2,17,19,21). The number of rotatable bonds is 5. The van der Waals surface area contributed by atoms with Gasteiger partial charge in [0.2, 0.25) is 0 Å². The van der Waals surface area contributed by atoms with E-state index in [4.69, 9.17) is 17.0 Å². The molecule has 21 heavy (non-hydrogen) atoms. The Morgan fingerprint density at radius 2 is 1.90 bits per heavy atom. The zero-order valence-electron chi connectivity index (χ0n) is 11.7. The van der Waals surface area contributed by atoms with Crippen molar-refractivity contribution in [1.29, 1.82) is 0 Å². The van der Waals surface area contributed by atoms with Crippen LogP contribution in [0.1, 0.15) is 12.5 Å². The molecule has 0 saturated carbocycles. The third kappa shape index (κ3) is 5.24. The van der Waals surface area contributed by atoms with Gasteiger partial charge in [0.1, 0.15) is 11.5 Å². The summed E-state index contributed by atoms with van der Waals surface area (Å²) in [6.45, 7) is 2.74. The summed E-state index contributed by atoms with van der Waals surface area (Å²) < 4.78 is 5.76. The number of hydrazone groups is 1. The number of para-hydroxylation sites is 1. The van der Waals surface area contributed by atoms with Crippen LogP contribution in [0.2, 0.25) is 0 Å². The average Bonchev–Trinajstić information content (AvgIpc) is 2.49. The minimum Gasteiger partial charge on any atom is -0.457 e. The van der Waals surface area contributed by atoms with Crippen molar-refractivity contribution in [3.8, 4) is 11.5 Å². The van der Waals surface area contributed by atoms with Gasteiger partial charge in [-0.3, -0.25) is 5.43 Å². The fraction of sp³-hybridized carbons (Fsp3) is 0.125. The molecule has 2 rings (SSSR count). The van der Waals surface area contributed by atoms with E-state index in [1.165, 1.54) is 0 Å². The van der Waals surface area contributed by atoms with E-state index in [1.807, 2.05) is 61.5 Å². The third-order valence-corrected chi connectivity index (χ3v) is 2.79. The average molecular weight is 299 g/mol. The quantitative estimate of drug-likeness (QED) is 0.505. The first kappa shape index (κ1) is 15.0. The Balaban J connectivity index is 1.98. The van der Waals surface area contributed by atoms with E-state index in [0.29, 0.717) is 5.11 Å². The van der Waals surface area contributed by atoms with Gasteiger partial charge in [-0.1, -0.05) is 30.3 Å². The molecule has 0 aliphatic rings. The second-order valence-corrected chi connectivity index (χ2v) is 4.63. The molecule has 0 unspecified atom stereocenters. The van der Waals surface area contributed by atoms with Gasteiger partial charge in [-0.2, -0.15) is 5.10 Å². The Morgan fingerprint density at radius 1 is 1.14 bits per heavy atom. The molecule has 0 saturated heterocycles. The number of benzene rings is 2. The molecule has 0 amide bonds. The highest BCUT2D eigenvalue weighted by Gasteiger charge is 1.97. The summed E-state index contributed by atoms with van der Waals surface area (Å²) in [6.07, 6.45) is 1.70. The highest BCUT2D eigenvalue weighted by Crippen LogP contribution is 2.21. The van der Waals surface area contributed by atoms with E-state index in [0.717, 1.165) is 23.6 Å². The lowest BCUT2D eigenvalue weighted by atomic mass is 10.2. The van der Waals surface area contributed by atoms with Gasteiger partial charge in [0.05, 0.1) is 6.21 Å². The number of thiocarbonyl (C=S) groups is 1. The van der Waals surface area contributed by atoms with Gasteiger partial charge in [0.15, 0.2) is 5.11 Å². The van der Waals surface area contributed by atoms with Crippen LogP contribution in [0, 0.1) is 0 Å². The van der Waals surface area contributed by atoms with Crippen LogP contribution in [0.5, 0.6) is 11.5 Å². The Bertz CT molecular complexity index is 614. The topological polar surface area (TPSA) is 45.7 Å². The van der Waals surface area contributed by atoms with Crippen LogP contribution in [0.25, 0.3) is 0 Å². The molecule has 0 bridgehead atoms. The van der Waals surface area contributed by atoms with Crippen LogP contribution in [0.15, 0.2) is 59.7 Å². The summed E-state index contributed by atoms with van der Waals surface area (Å²) in [5.41, 5.74) is 3.68. The van der Waals surface area contributed by atoms with E-state index >= 15 is 0 Å². The maximum absolute atomic E-state index is 5.76. The maximum Gasteiger partial charge on any atom is 0.186 e. The lowest BCUT2D eigenvalue weighted by molar-refractivity contribution is 0.482. The summed E-state index contributed by atoms with van der Waals surface area (Å²) in [6, 6.07) is 17.3. The van der Waals surface area contributed by atoms with Crippen LogP contribution in [0.3, 0.4) is 0 Å². The predicted octanol–water partition coefficient (Wildman–Crippen LogP) is 3.30. The number of nitrogens with one attached hydrogen (secondary N) is 2. The first-order valence-corrected chi connectivity index (χ1v) is 7.08. The minimum absolute atomic E-state index is 0.505. The van der Waals surface area contributed by atoms with Gasteiger partial charge in [-0.15, -0.1) is 0 Å². The van der Waals surface area contributed by atoms with Crippen LogP contribution in [-0.2, 0) is 0 Å². The zero-order chi connectivity index (χ0) is 14.9. The van der Waals surface area contributed by atoms with Gasteiger partial charge >= 0.3 is 0 Å². The molecule has 4 nitrogen and oxygen atoms in total. The van der Waals surface area contributed by atoms with Crippen LogP contribution in [0.4, 0.5) is 0 Å². The second kappa shape index (κ2) is 8.01. The summed E-state index contributed by atoms with van der Waals surface area (Å²) >= 11 is 5.02. The summed E-state index contributed by atoms with van der Waals surface area (Å²) in [5, 5.41) is 7.54. The molecule has 0 heterocycles. The van der Waals surface area contributed by atoms with Gasteiger partial charge in [-0.05, 0) is 49.0 Å². The first-order chi connectivity index (χ1) is 10.3. The highest BCUT2D eigenvalue weighted by atomic mass is 32.1. The normalized spacial score (nSPS) is 10.3. The number of hydrogen-bond acceptors (Lipinski definition) is 3. The fourth-order valence-corrected chi connectivity index (χ4v) is 1.85. The molecule has 2 aromatic rings. The number of hydrogen-bond donors (Lipinski definition) is 2. The fourth-order valence-electron chi connectivity index (χ4n) is 1.65. The van der Waals surface area contributed by atoms with Crippen molar-refractivity contribution < 1.29 is 4.74 Å². The van der Waals surface area contributed by atoms with Gasteiger partial charge in [-0.25, -0.2) is 0 Å². The van der Waals surface area contributed by atoms with Crippen molar-refractivity contribution in [2.75, 3.05) is 6.54 Å². The third-order valence-electron chi connectivity index (χ3n) is 2.55. The molecule has 0 atom stereocenters. The second-order valence-electron chi connectivity index (χ2n) is 4.22. The van der Waals surface area contributed by atoms with Crippen molar-refractivity contribution in [3.05, 3.63) is 60.2 Å². The molecule has 2 N–H and O–H groups in total. The lowest BCUT2D eigenvalue weighted by Crippen LogP contribution is -2.31. The summed E-state index contributed by atoms with van der Waals surface area (Å²) in [5.74, 6) is 1.57. The van der Waals surface area contributed by atoms with E-state index in [-0.39, 0.29) is 0 Å². The highest BCUT2D eigenvalue weighted by molar-refractivity contribution is 7.80. The predicted molar refractivity (Wildman–Crippen MR) is 90.0 cm³/mol. The molecule has 5 heteroatoms. The molecule has 0 aliphatic carbocycles. The van der Waals surface area contributed by atoms with Gasteiger partial charge < -0.3 is 10.1 Å². The molecular formula is C16H17N3OS. The summed E-state index contributed by atoms with van der Waals surface area (Å²) in [7, 11) is 0. The van der Waals surface area contributed by atoms with E-state index < -0.39 is 0 Å². The monoisotopic (exact) mass is 299 g/mol. The van der Waals surface area contributed by atoms with Crippen molar-refractivity contribution in [1.82, 2.24) is 10.7 Å². The largest absolute Gasteiger partial charge is 0.457 e. The maximum atomic E-state index is 5.76. The smallest absolute Gasteiger partial charge is 0.186 e. The lowest BCUT2D eigenvalue weighted by Gasteiger charge is -2.06. The Morgan fingerprint density at radius 3 is 2.67 bits per heavy atom. The summed E-state index contributed by atoms with van der Waals surface area (Å²) in [4.78, 5) is 0. The molecule has 108 valence electrons. The molecule has 2 aromatic carbocycles. The van der Waals surface area contributed by atoms with Crippen LogP contribution >= 0.6 is 12.2 Å². The molecule has 0 fully saturated rings. The van der Waals surface area contributed by atoms with Crippen molar-refractivity contribution in [3.63, 3.8) is 0 Å². The van der Waals surface area contributed by atoms with E-state index in [1.54, 1.807) is 6.21 Å². The van der Waals surface area contributed by atoms with Crippen molar-refractivity contribution in [2.24, 2.45) is 5.10 Å². The molecular weight excluding hydrogens is 282 g/mol. The Labute approximate surface area is 129 Å². The van der Waals surface area contributed by atoms with Gasteiger partial charge in [0.25, 0.3) is 0 Å². The van der Waals surface area contributed by atoms with Crippen LogP contribution < -0.4 is 15.5 Å². The number of nitrogens with zero attached hydrogens (tertiary/aromatic N) is 1. The van der Waals surface area contributed by atoms with Crippen LogP contribution in [-0.4, -0.2) is 17.9 Å². The van der Waals surface area contributed by atoms with Crippen molar-refractivity contribution in [2.45, 2.75) is 6.92 Å². The first-order valence-electron chi connectivity index (χ1n) is 6.68. The molecule has 0 spiro atoms. The van der Waals surface area contributed by atoms with Crippen molar-refractivity contribution >= 4 is 23.5 Å². The van der Waals surface area contributed by atoms with Gasteiger partial charge in [0, 0.05) is 6.54 Å². The SMILES string of the molecule is CCNC(=S)NN=Cc1cccc(Oc2ccccc2)c1. The molecule has 0 aromatic heterocycles. The minimum atomic E-state index is 0.505. The molecule has 0 radical (unpaired) electrons. The number of ether oxygens (including phenoxy) is 1. The Hall–Kier alpha value is -2.40. The van der Waals surface area contributed by atoms with E-state index in [9.17, 15) is 0 Å². The zero-order valence-corrected chi connectivity index (χ0v) is 12.6. The van der Waals surface area contributed by atoms with E-state index in [2.05, 4.69) is 15.8 Å². The Kier molecular flexibility index (Phi) is 5.72. The molecule has 0 aliphatic heterocycles.